The van der Waals surface area contributed by atoms with E-state index in [9.17, 15) is 4.79 Å². The van der Waals surface area contributed by atoms with Crippen LogP contribution < -0.4 is 9.64 Å². The Morgan fingerprint density at radius 3 is 2.43 bits per heavy atom. The highest BCUT2D eigenvalue weighted by Gasteiger charge is 2.22. The number of benzene rings is 1. The van der Waals surface area contributed by atoms with Crippen molar-refractivity contribution in [2.75, 3.05) is 44.2 Å². The summed E-state index contributed by atoms with van der Waals surface area (Å²) in [5, 5.41) is 0. The van der Waals surface area contributed by atoms with Gasteiger partial charge in [0.1, 0.15) is 5.75 Å². The highest BCUT2D eigenvalue weighted by Crippen LogP contribution is 2.30. The fourth-order valence-corrected chi connectivity index (χ4v) is 5.29. The smallest absolute Gasteiger partial charge is 0.263 e. The molecule has 6 heteroatoms. The second kappa shape index (κ2) is 9.84. The highest BCUT2D eigenvalue weighted by atomic mass is 32.1. The van der Waals surface area contributed by atoms with E-state index in [1.54, 1.807) is 11.3 Å². The van der Waals surface area contributed by atoms with Crippen LogP contribution in [-0.2, 0) is 6.54 Å². The van der Waals surface area contributed by atoms with Crippen LogP contribution in [0.1, 0.15) is 47.7 Å². The summed E-state index contributed by atoms with van der Waals surface area (Å²) in [4.78, 5) is 21.8. The van der Waals surface area contributed by atoms with E-state index < -0.39 is 0 Å². The molecular formula is C24H33N3O2S. The fraction of sp³-hybridized carbons (Fsp3) is 0.542. The summed E-state index contributed by atoms with van der Waals surface area (Å²) in [5.74, 6) is 1.19. The van der Waals surface area contributed by atoms with Crippen molar-refractivity contribution in [3.8, 4) is 5.75 Å². The Hall–Kier alpha value is -2.05. The van der Waals surface area contributed by atoms with E-state index in [0.29, 0.717) is 0 Å². The lowest BCUT2D eigenvalue weighted by atomic mass is 10.1. The largest absolute Gasteiger partial charge is 0.489 e. The van der Waals surface area contributed by atoms with Gasteiger partial charge in [0.15, 0.2) is 0 Å². The first kappa shape index (κ1) is 21.2. The van der Waals surface area contributed by atoms with Gasteiger partial charge in [0.2, 0.25) is 0 Å². The van der Waals surface area contributed by atoms with Crippen LogP contribution in [0, 0.1) is 0 Å². The predicted octanol–water partition coefficient (Wildman–Crippen LogP) is 4.48. The maximum atomic E-state index is 12.7. The Morgan fingerprint density at radius 2 is 1.70 bits per heavy atom. The molecule has 2 aliphatic heterocycles. The van der Waals surface area contributed by atoms with Crippen molar-refractivity contribution in [1.29, 1.82) is 0 Å². The summed E-state index contributed by atoms with van der Waals surface area (Å²) in [6.45, 7) is 10.9. The van der Waals surface area contributed by atoms with Crippen molar-refractivity contribution in [3.63, 3.8) is 0 Å². The molecule has 162 valence electrons. The normalized spacial score (nSPS) is 18.1. The SMILES string of the molecule is CC(C)Oc1ccccc1N1CCN(Cc2ccc(C(=O)N3CCCCC3)s2)CC1. The molecule has 30 heavy (non-hydrogen) atoms. The molecule has 0 aliphatic carbocycles. The molecule has 0 saturated carbocycles. The van der Waals surface area contributed by atoms with E-state index in [-0.39, 0.29) is 12.0 Å². The molecule has 0 bridgehead atoms. The number of nitrogens with zero attached hydrogens (tertiary/aromatic N) is 3. The van der Waals surface area contributed by atoms with Crippen molar-refractivity contribution >= 4 is 22.9 Å². The van der Waals surface area contributed by atoms with Crippen LogP contribution in [0.4, 0.5) is 5.69 Å². The first-order chi connectivity index (χ1) is 14.6. The van der Waals surface area contributed by atoms with Gasteiger partial charge in [-0.2, -0.15) is 0 Å². The minimum Gasteiger partial charge on any atom is -0.489 e. The Balaban J connectivity index is 1.31. The van der Waals surface area contributed by atoms with Gasteiger partial charge in [-0.1, -0.05) is 12.1 Å². The van der Waals surface area contributed by atoms with E-state index in [1.165, 1.54) is 17.0 Å². The first-order valence-electron chi connectivity index (χ1n) is 11.2. The average Bonchev–Trinajstić information content (AvgIpc) is 3.23. The second-order valence-electron chi connectivity index (χ2n) is 8.52. The van der Waals surface area contributed by atoms with Gasteiger partial charge in [-0.25, -0.2) is 0 Å². The summed E-state index contributed by atoms with van der Waals surface area (Å²) in [6.07, 6.45) is 3.70. The van der Waals surface area contributed by atoms with E-state index in [0.717, 1.165) is 69.3 Å². The Morgan fingerprint density at radius 1 is 0.967 bits per heavy atom. The number of carbonyl (C=O) groups excluding carboxylic acids is 1. The first-order valence-corrected chi connectivity index (χ1v) is 12.0. The van der Waals surface area contributed by atoms with Crippen LogP contribution in [0.3, 0.4) is 0 Å². The topological polar surface area (TPSA) is 36.0 Å². The molecule has 1 amide bonds. The lowest BCUT2D eigenvalue weighted by molar-refractivity contribution is 0.0729. The minimum absolute atomic E-state index is 0.174. The van der Waals surface area contributed by atoms with Crippen LogP contribution in [0.15, 0.2) is 36.4 Å². The molecule has 1 aromatic heterocycles. The Bertz CT molecular complexity index is 836. The molecule has 0 spiro atoms. The molecule has 2 aliphatic rings. The number of thiophene rings is 1. The molecule has 4 rings (SSSR count). The third-order valence-corrected chi connectivity index (χ3v) is 6.89. The molecule has 5 nitrogen and oxygen atoms in total. The molecule has 0 radical (unpaired) electrons. The van der Waals surface area contributed by atoms with Gasteiger partial charge in [-0.15, -0.1) is 11.3 Å². The van der Waals surface area contributed by atoms with Gasteiger partial charge in [0.25, 0.3) is 5.91 Å². The standard InChI is InChI=1S/C24H33N3O2S/c1-19(2)29-22-9-5-4-8-21(22)26-16-14-25(15-17-26)18-20-10-11-23(30-20)24(28)27-12-6-3-7-13-27/h4-5,8-11,19H,3,6-7,12-18H2,1-2H3. The molecule has 0 atom stereocenters. The fourth-order valence-electron chi connectivity index (χ4n) is 4.27. The Kier molecular flexibility index (Phi) is 6.95. The number of likely N-dealkylation sites (tertiary alicyclic amines) is 1. The van der Waals surface area contributed by atoms with E-state index >= 15 is 0 Å². The number of piperidine rings is 1. The monoisotopic (exact) mass is 427 g/mol. The maximum absolute atomic E-state index is 12.7. The number of rotatable bonds is 6. The van der Waals surface area contributed by atoms with Crippen molar-refractivity contribution in [2.24, 2.45) is 0 Å². The zero-order valence-corrected chi connectivity index (χ0v) is 19.0. The van der Waals surface area contributed by atoms with E-state index in [2.05, 4.69) is 47.9 Å². The Labute approximate surface area is 184 Å². The molecule has 1 aromatic carbocycles. The van der Waals surface area contributed by atoms with Crippen LogP contribution in [-0.4, -0.2) is 61.1 Å². The third kappa shape index (κ3) is 5.16. The molecule has 0 unspecified atom stereocenters. The minimum atomic E-state index is 0.174. The van der Waals surface area contributed by atoms with Gasteiger partial charge < -0.3 is 14.5 Å². The number of hydrogen-bond donors (Lipinski definition) is 0. The van der Waals surface area contributed by atoms with Crippen molar-refractivity contribution < 1.29 is 9.53 Å². The maximum Gasteiger partial charge on any atom is 0.263 e. The van der Waals surface area contributed by atoms with Crippen molar-refractivity contribution in [3.05, 3.63) is 46.2 Å². The summed E-state index contributed by atoms with van der Waals surface area (Å²) in [6, 6.07) is 12.5. The number of ether oxygens (including phenoxy) is 1. The molecule has 0 N–H and O–H groups in total. The summed E-state index contributed by atoms with van der Waals surface area (Å²) in [5.41, 5.74) is 1.19. The van der Waals surface area contributed by atoms with Crippen LogP contribution in [0.5, 0.6) is 5.75 Å². The summed E-state index contributed by atoms with van der Waals surface area (Å²) >= 11 is 1.67. The lowest BCUT2D eigenvalue weighted by Crippen LogP contribution is -2.46. The zero-order chi connectivity index (χ0) is 20.9. The highest BCUT2D eigenvalue weighted by molar-refractivity contribution is 7.14. The van der Waals surface area contributed by atoms with Crippen molar-refractivity contribution in [1.82, 2.24) is 9.80 Å². The molecule has 2 fully saturated rings. The molecule has 2 saturated heterocycles. The number of hydrogen-bond acceptors (Lipinski definition) is 5. The summed E-state index contributed by atoms with van der Waals surface area (Å²) in [7, 11) is 0. The number of para-hydroxylation sites is 2. The van der Waals surface area contributed by atoms with E-state index in [4.69, 9.17) is 4.74 Å². The zero-order valence-electron chi connectivity index (χ0n) is 18.2. The van der Waals surface area contributed by atoms with Gasteiger partial charge in [-0.05, 0) is 57.4 Å². The molecular weight excluding hydrogens is 394 g/mol. The molecule has 2 aromatic rings. The third-order valence-electron chi connectivity index (χ3n) is 5.84. The predicted molar refractivity (Wildman–Crippen MR) is 124 cm³/mol. The van der Waals surface area contributed by atoms with E-state index in [1.807, 2.05) is 17.0 Å². The van der Waals surface area contributed by atoms with Crippen molar-refractivity contribution in [2.45, 2.75) is 45.8 Å². The number of amides is 1. The van der Waals surface area contributed by atoms with Gasteiger partial charge in [-0.3, -0.25) is 9.69 Å². The quantitative estimate of drug-likeness (QED) is 0.681. The van der Waals surface area contributed by atoms with Gasteiger partial charge >= 0.3 is 0 Å². The number of anilines is 1. The number of piperazine rings is 1. The number of carbonyl (C=O) groups is 1. The molecule has 3 heterocycles. The summed E-state index contributed by atoms with van der Waals surface area (Å²) < 4.78 is 6.01. The second-order valence-corrected chi connectivity index (χ2v) is 9.68. The van der Waals surface area contributed by atoms with Crippen LogP contribution in [0.25, 0.3) is 0 Å². The van der Waals surface area contributed by atoms with Crippen LogP contribution in [0.2, 0.25) is 0 Å². The van der Waals surface area contributed by atoms with Crippen LogP contribution >= 0.6 is 11.3 Å². The van der Waals surface area contributed by atoms with Gasteiger partial charge in [0, 0.05) is 50.7 Å². The van der Waals surface area contributed by atoms with Gasteiger partial charge in [0.05, 0.1) is 16.7 Å². The average molecular weight is 428 g/mol. The lowest BCUT2D eigenvalue weighted by Gasteiger charge is -2.36.